The minimum atomic E-state index is -3.08. The van der Waals surface area contributed by atoms with Gasteiger partial charge in [0.05, 0.1) is 10.6 Å². The molecule has 0 saturated heterocycles. The minimum Gasteiger partial charge on any atom is -0.434 e. The predicted molar refractivity (Wildman–Crippen MR) is 71.8 cm³/mol. The lowest BCUT2D eigenvalue weighted by atomic mass is 9.99. The summed E-state index contributed by atoms with van der Waals surface area (Å²) in [5.74, 6) is -0.223. The zero-order valence-corrected chi connectivity index (χ0v) is 11.7. The number of allylic oxidation sites excluding steroid dienone is 1. The lowest BCUT2D eigenvalue weighted by molar-refractivity contribution is -0.433. The summed E-state index contributed by atoms with van der Waals surface area (Å²) in [6, 6.07) is 3.89. The number of ether oxygens (including phenoxy) is 1. The van der Waals surface area contributed by atoms with Gasteiger partial charge < -0.3 is 10.1 Å². The van der Waals surface area contributed by atoms with Crippen molar-refractivity contribution in [2.75, 3.05) is 7.05 Å². The maximum absolute atomic E-state index is 12.5. The second-order valence-electron chi connectivity index (χ2n) is 4.59. The van der Waals surface area contributed by atoms with Crippen LogP contribution in [-0.2, 0) is 0 Å². The van der Waals surface area contributed by atoms with Gasteiger partial charge in [-0.15, -0.1) is 0 Å². The summed E-state index contributed by atoms with van der Waals surface area (Å²) < 4.78 is 29.3. The number of urea groups is 1. The standard InChI is InChI=1S/C13H13F2N3O4/c1-7-11(18(20)21)10(16-13(19)17(7)2)8-5-3-4-6-9(8)22-12(14)15/h3-6,10,12H,1-2H3,(H,16,19). The average Bonchev–Trinajstić information content (AvgIpc) is 2.44. The summed E-state index contributed by atoms with van der Waals surface area (Å²) in [5, 5.41) is 13.7. The summed E-state index contributed by atoms with van der Waals surface area (Å²) in [6.45, 7) is -1.66. The molecule has 1 aromatic carbocycles. The first-order valence-electron chi connectivity index (χ1n) is 6.26. The maximum Gasteiger partial charge on any atom is 0.387 e. The number of rotatable bonds is 4. The molecule has 2 amide bonds. The van der Waals surface area contributed by atoms with Crippen LogP contribution < -0.4 is 10.1 Å². The van der Waals surface area contributed by atoms with E-state index in [0.29, 0.717) is 0 Å². The summed E-state index contributed by atoms with van der Waals surface area (Å²) in [7, 11) is 1.38. The van der Waals surface area contributed by atoms with Crippen molar-refractivity contribution in [1.82, 2.24) is 10.2 Å². The third-order valence-electron chi connectivity index (χ3n) is 3.36. The first-order chi connectivity index (χ1) is 10.3. The molecule has 1 heterocycles. The van der Waals surface area contributed by atoms with E-state index in [0.717, 1.165) is 4.90 Å². The van der Waals surface area contributed by atoms with E-state index in [-0.39, 0.29) is 22.7 Å². The van der Waals surface area contributed by atoms with Crippen LogP contribution in [0.4, 0.5) is 13.6 Å². The summed E-state index contributed by atoms with van der Waals surface area (Å²) in [6.07, 6.45) is 0. The molecule has 1 unspecified atom stereocenters. The molecule has 0 saturated carbocycles. The molecular weight excluding hydrogens is 300 g/mol. The number of hydrogen-bond acceptors (Lipinski definition) is 4. The molecule has 1 N–H and O–H groups in total. The van der Waals surface area contributed by atoms with E-state index in [2.05, 4.69) is 10.1 Å². The molecule has 1 aliphatic heterocycles. The molecule has 22 heavy (non-hydrogen) atoms. The predicted octanol–water partition coefficient (Wildman–Crippen LogP) is 2.49. The number of nitrogens with one attached hydrogen (secondary N) is 1. The van der Waals surface area contributed by atoms with Crippen molar-refractivity contribution in [3.8, 4) is 5.75 Å². The van der Waals surface area contributed by atoms with Gasteiger partial charge in [-0.1, -0.05) is 18.2 Å². The molecule has 0 fully saturated rings. The SMILES string of the molecule is CC1=C([N+](=O)[O-])C(c2ccccc2OC(F)F)NC(=O)N1C. The van der Waals surface area contributed by atoms with Gasteiger partial charge in [-0.05, 0) is 13.0 Å². The molecule has 1 atom stereocenters. The van der Waals surface area contributed by atoms with Crippen molar-refractivity contribution in [2.45, 2.75) is 19.6 Å². The Kier molecular flexibility index (Phi) is 4.25. The first-order valence-corrected chi connectivity index (χ1v) is 6.26. The van der Waals surface area contributed by atoms with Crippen molar-refractivity contribution in [2.24, 2.45) is 0 Å². The molecule has 1 aliphatic rings. The van der Waals surface area contributed by atoms with Gasteiger partial charge in [0.1, 0.15) is 5.75 Å². The van der Waals surface area contributed by atoms with Crippen molar-refractivity contribution in [1.29, 1.82) is 0 Å². The smallest absolute Gasteiger partial charge is 0.387 e. The number of nitrogens with zero attached hydrogens (tertiary/aromatic N) is 2. The van der Waals surface area contributed by atoms with Gasteiger partial charge in [0.2, 0.25) is 0 Å². The molecule has 0 radical (unpaired) electrons. The fraction of sp³-hybridized carbons (Fsp3) is 0.308. The van der Waals surface area contributed by atoms with Gasteiger partial charge in [-0.25, -0.2) is 4.79 Å². The molecular formula is C13H13F2N3O4. The van der Waals surface area contributed by atoms with E-state index in [9.17, 15) is 23.7 Å². The van der Waals surface area contributed by atoms with Crippen LogP contribution in [0.2, 0.25) is 0 Å². The topological polar surface area (TPSA) is 84.7 Å². The Morgan fingerprint density at radius 3 is 2.64 bits per heavy atom. The summed E-state index contributed by atoms with van der Waals surface area (Å²) >= 11 is 0. The molecule has 0 spiro atoms. The quantitative estimate of drug-likeness (QED) is 0.683. The first kappa shape index (κ1) is 15.7. The maximum atomic E-state index is 12.5. The number of halogens is 2. The Labute approximate surface area is 124 Å². The lowest BCUT2D eigenvalue weighted by Crippen LogP contribution is -2.46. The highest BCUT2D eigenvalue weighted by Gasteiger charge is 2.39. The van der Waals surface area contributed by atoms with Crippen LogP contribution >= 0.6 is 0 Å². The molecule has 0 bridgehead atoms. The van der Waals surface area contributed by atoms with Crippen LogP contribution in [0, 0.1) is 10.1 Å². The number of amides is 2. The van der Waals surface area contributed by atoms with Gasteiger partial charge in [0, 0.05) is 12.6 Å². The zero-order chi connectivity index (χ0) is 16.4. The van der Waals surface area contributed by atoms with E-state index in [1.54, 1.807) is 0 Å². The number of hydrogen-bond donors (Lipinski definition) is 1. The fourth-order valence-electron chi connectivity index (χ4n) is 2.21. The molecule has 0 aromatic heterocycles. The van der Waals surface area contributed by atoms with Gasteiger partial charge in [-0.3, -0.25) is 15.0 Å². The van der Waals surface area contributed by atoms with Gasteiger partial charge >= 0.3 is 12.6 Å². The second-order valence-corrected chi connectivity index (χ2v) is 4.59. The van der Waals surface area contributed by atoms with E-state index >= 15 is 0 Å². The summed E-state index contributed by atoms with van der Waals surface area (Å²) in [4.78, 5) is 23.6. The Hall–Kier alpha value is -2.71. The highest BCUT2D eigenvalue weighted by molar-refractivity contribution is 5.78. The van der Waals surface area contributed by atoms with Crippen LogP contribution in [0.15, 0.2) is 35.7 Å². The van der Waals surface area contributed by atoms with Crippen LogP contribution in [-0.4, -0.2) is 29.5 Å². The van der Waals surface area contributed by atoms with Gasteiger partial charge in [0.15, 0.2) is 6.04 Å². The van der Waals surface area contributed by atoms with Gasteiger partial charge in [-0.2, -0.15) is 8.78 Å². The number of carbonyl (C=O) groups excluding carboxylic acids is 1. The van der Waals surface area contributed by atoms with Crippen LogP contribution in [0.1, 0.15) is 18.5 Å². The molecule has 9 heteroatoms. The average molecular weight is 313 g/mol. The highest BCUT2D eigenvalue weighted by Crippen LogP contribution is 2.35. The van der Waals surface area contributed by atoms with Crippen molar-refractivity contribution in [3.05, 3.63) is 51.3 Å². The lowest BCUT2D eigenvalue weighted by Gasteiger charge is -2.29. The van der Waals surface area contributed by atoms with Crippen molar-refractivity contribution >= 4 is 6.03 Å². The molecule has 2 rings (SSSR count). The largest absolute Gasteiger partial charge is 0.434 e. The Morgan fingerprint density at radius 1 is 1.41 bits per heavy atom. The zero-order valence-electron chi connectivity index (χ0n) is 11.7. The van der Waals surface area contributed by atoms with E-state index in [4.69, 9.17) is 0 Å². The van der Waals surface area contributed by atoms with Crippen LogP contribution in [0.25, 0.3) is 0 Å². The number of carbonyl (C=O) groups is 1. The third kappa shape index (κ3) is 2.83. The number of alkyl halides is 2. The minimum absolute atomic E-state index is 0.0929. The van der Waals surface area contributed by atoms with Crippen molar-refractivity contribution in [3.63, 3.8) is 0 Å². The van der Waals surface area contributed by atoms with E-state index in [1.807, 2.05) is 0 Å². The normalized spacial score (nSPS) is 18.5. The Bertz CT molecular complexity index is 648. The third-order valence-corrected chi connectivity index (χ3v) is 3.36. The van der Waals surface area contributed by atoms with E-state index < -0.39 is 23.6 Å². The Morgan fingerprint density at radius 2 is 2.05 bits per heavy atom. The monoisotopic (exact) mass is 313 g/mol. The van der Waals surface area contributed by atoms with E-state index in [1.165, 1.54) is 38.2 Å². The molecule has 0 aliphatic carbocycles. The molecule has 7 nitrogen and oxygen atoms in total. The van der Waals surface area contributed by atoms with Crippen LogP contribution in [0.3, 0.4) is 0 Å². The number of para-hydroxylation sites is 1. The number of nitro groups is 1. The highest BCUT2D eigenvalue weighted by atomic mass is 19.3. The van der Waals surface area contributed by atoms with Gasteiger partial charge in [0.25, 0.3) is 5.70 Å². The molecule has 1 aromatic rings. The summed E-state index contributed by atoms with van der Waals surface area (Å²) in [5.41, 5.74) is -0.0756. The second kappa shape index (κ2) is 5.96. The molecule has 118 valence electrons. The fourth-order valence-corrected chi connectivity index (χ4v) is 2.21. The van der Waals surface area contributed by atoms with Crippen molar-refractivity contribution < 1.29 is 23.2 Å². The Balaban J connectivity index is 2.55. The number of benzene rings is 1. The van der Waals surface area contributed by atoms with Crippen LogP contribution in [0.5, 0.6) is 5.75 Å².